The zero-order chi connectivity index (χ0) is 13.0. The summed E-state index contributed by atoms with van der Waals surface area (Å²) in [4.78, 5) is 1.42. The van der Waals surface area contributed by atoms with Crippen LogP contribution in [0.2, 0.25) is 0 Å². The monoisotopic (exact) mass is 264 g/mol. The van der Waals surface area contributed by atoms with Gasteiger partial charge in [0.05, 0.1) is 0 Å². The maximum atomic E-state index is 3.46. The zero-order valence-corrected chi connectivity index (χ0v) is 12.4. The highest BCUT2D eigenvalue weighted by atomic mass is 32.2. The van der Waals surface area contributed by atoms with Gasteiger partial charge in [-0.15, -0.1) is 11.8 Å². The molecule has 3 heteroatoms. The van der Waals surface area contributed by atoms with Crippen molar-refractivity contribution in [3.63, 3.8) is 0 Å². The fourth-order valence-electron chi connectivity index (χ4n) is 2.41. The van der Waals surface area contributed by atoms with E-state index in [1.807, 2.05) is 18.8 Å². The summed E-state index contributed by atoms with van der Waals surface area (Å²) in [6.45, 7) is 6.82. The molecule has 0 amide bonds. The van der Waals surface area contributed by atoms with Crippen LogP contribution in [-0.4, -0.2) is 25.9 Å². The van der Waals surface area contributed by atoms with Crippen LogP contribution in [-0.2, 0) is 6.42 Å². The second kappa shape index (κ2) is 6.48. The Kier molecular flexibility index (Phi) is 4.95. The van der Waals surface area contributed by atoms with Crippen molar-refractivity contribution in [3.05, 3.63) is 23.8 Å². The predicted molar refractivity (Wildman–Crippen MR) is 81.6 cm³/mol. The lowest BCUT2D eigenvalue weighted by molar-refractivity contribution is 0.370. The average Bonchev–Trinajstić information content (AvgIpc) is 2.38. The van der Waals surface area contributed by atoms with Gasteiger partial charge in [0.25, 0.3) is 0 Å². The quantitative estimate of drug-likeness (QED) is 0.854. The molecule has 0 saturated heterocycles. The first-order chi connectivity index (χ1) is 8.70. The van der Waals surface area contributed by atoms with Crippen LogP contribution in [0.15, 0.2) is 23.1 Å². The molecule has 2 rings (SSSR count). The molecule has 0 aliphatic carbocycles. The van der Waals surface area contributed by atoms with Crippen LogP contribution < -0.4 is 10.6 Å². The van der Waals surface area contributed by atoms with Crippen LogP contribution in [0.5, 0.6) is 0 Å². The van der Waals surface area contributed by atoms with Crippen LogP contribution in [0.3, 0.4) is 0 Å². The van der Waals surface area contributed by atoms with Gasteiger partial charge in [-0.2, -0.15) is 0 Å². The molecule has 1 aliphatic heterocycles. The van der Waals surface area contributed by atoms with Crippen LogP contribution in [0.1, 0.15) is 19.4 Å². The molecule has 0 aromatic heterocycles. The van der Waals surface area contributed by atoms with Crippen molar-refractivity contribution in [2.45, 2.75) is 25.2 Å². The van der Waals surface area contributed by atoms with Crippen molar-refractivity contribution in [1.29, 1.82) is 0 Å². The first-order valence-electron chi connectivity index (χ1n) is 6.85. The van der Waals surface area contributed by atoms with E-state index in [9.17, 15) is 0 Å². The Bertz CT molecular complexity index is 390. The van der Waals surface area contributed by atoms with E-state index in [1.165, 1.54) is 28.3 Å². The lowest BCUT2D eigenvalue weighted by Crippen LogP contribution is -2.25. The van der Waals surface area contributed by atoms with E-state index >= 15 is 0 Å². The van der Waals surface area contributed by atoms with E-state index in [1.54, 1.807) is 0 Å². The van der Waals surface area contributed by atoms with Gasteiger partial charge >= 0.3 is 0 Å². The summed E-state index contributed by atoms with van der Waals surface area (Å²) in [5.74, 6) is 2.62. The molecule has 1 heterocycles. The summed E-state index contributed by atoms with van der Waals surface area (Å²) < 4.78 is 0. The van der Waals surface area contributed by atoms with Crippen molar-refractivity contribution in [2.24, 2.45) is 11.8 Å². The number of rotatable bonds is 5. The number of thioether (sulfide) groups is 1. The molecule has 100 valence electrons. The van der Waals surface area contributed by atoms with Crippen molar-refractivity contribution in [2.75, 3.05) is 31.2 Å². The van der Waals surface area contributed by atoms with Gasteiger partial charge in [0.15, 0.2) is 0 Å². The lowest BCUT2D eigenvalue weighted by Gasteiger charge is -2.22. The van der Waals surface area contributed by atoms with Crippen LogP contribution >= 0.6 is 11.8 Å². The fraction of sp³-hybridized carbons (Fsp3) is 0.600. The number of benzene rings is 1. The van der Waals surface area contributed by atoms with Crippen LogP contribution in [0, 0.1) is 11.8 Å². The average molecular weight is 264 g/mol. The summed E-state index contributed by atoms with van der Waals surface area (Å²) in [5.41, 5.74) is 2.78. The molecule has 1 aliphatic rings. The highest BCUT2D eigenvalue weighted by Gasteiger charge is 2.15. The number of fused-ring (bicyclic) bond motifs is 1. The Labute approximate surface area is 115 Å². The number of hydrogen-bond acceptors (Lipinski definition) is 3. The lowest BCUT2D eigenvalue weighted by atomic mass is 9.89. The summed E-state index contributed by atoms with van der Waals surface area (Å²) >= 11 is 1.97. The third-order valence-corrected chi connectivity index (χ3v) is 4.69. The highest BCUT2D eigenvalue weighted by molar-refractivity contribution is 7.99. The van der Waals surface area contributed by atoms with Crippen LogP contribution in [0.25, 0.3) is 0 Å². The van der Waals surface area contributed by atoms with E-state index in [0.717, 1.165) is 24.9 Å². The van der Waals surface area contributed by atoms with Gasteiger partial charge in [0.1, 0.15) is 0 Å². The maximum Gasteiger partial charge on any atom is 0.0478 e. The molecule has 1 atom stereocenters. The Balaban J connectivity index is 2.08. The minimum absolute atomic E-state index is 0.717. The van der Waals surface area contributed by atoms with Gasteiger partial charge in [0.2, 0.25) is 0 Å². The molecular formula is C15H24N2S. The molecule has 1 aromatic carbocycles. The SMILES string of the molecule is CNCC(Cc1ccc2c(c1)SCCN2)C(C)C. The van der Waals surface area contributed by atoms with E-state index in [4.69, 9.17) is 0 Å². The molecule has 18 heavy (non-hydrogen) atoms. The van der Waals surface area contributed by atoms with Crippen LogP contribution in [0.4, 0.5) is 5.69 Å². The van der Waals surface area contributed by atoms with Gasteiger partial charge < -0.3 is 10.6 Å². The number of anilines is 1. The zero-order valence-electron chi connectivity index (χ0n) is 11.6. The van der Waals surface area contributed by atoms with E-state index in [-0.39, 0.29) is 0 Å². The first kappa shape index (κ1) is 13.8. The first-order valence-corrected chi connectivity index (χ1v) is 7.83. The minimum Gasteiger partial charge on any atom is -0.383 e. The van der Waals surface area contributed by atoms with Gasteiger partial charge in [0, 0.05) is 22.9 Å². The largest absolute Gasteiger partial charge is 0.383 e. The molecule has 0 saturated carbocycles. The smallest absolute Gasteiger partial charge is 0.0478 e. The van der Waals surface area contributed by atoms with E-state index < -0.39 is 0 Å². The molecule has 1 aromatic rings. The second-order valence-corrected chi connectivity index (χ2v) is 6.51. The molecular weight excluding hydrogens is 240 g/mol. The molecule has 0 bridgehead atoms. The minimum atomic E-state index is 0.717. The summed E-state index contributed by atoms with van der Waals surface area (Å²) in [6.07, 6.45) is 1.17. The Morgan fingerprint density at radius 2 is 2.22 bits per heavy atom. The van der Waals surface area contributed by atoms with E-state index in [2.05, 4.69) is 42.7 Å². The molecule has 0 fully saturated rings. The van der Waals surface area contributed by atoms with Gasteiger partial charge in [-0.1, -0.05) is 19.9 Å². The molecule has 2 nitrogen and oxygen atoms in total. The van der Waals surface area contributed by atoms with Gasteiger partial charge in [-0.3, -0.25) is 0 Å². The molecule has 0 radical (unpaired) electrons. The fourth-order valence-corrected chi connectivity index (χ4v) is 3.37. The summed E-state index contributed by atoms with van der Waals surface area (Å²) in [7, 11) is 2.04. The maximum absolute atomic E-state index is 3.46. The predicted octanol–water partition coefficient (Wildman–Crippen LogP) is 3.24. The third-order valence-electron chi connectivity index (χ3n) is 3.63. The summed E-state index contributed by atoms with van der Waals surface area (Å²) in [6, 6.07) is 6.90. The Hall–Kier alpha value is -0.670. The van der Waals surface area contributed by atoms with Crippen molar-refractivity contribution < 1.29 is 0 Å². The topological polar surface area (TPSA) is 24.1 Å². The third kappa shape index (κ3) is 3.42. The van der Waals surface area contributed by atoms with Gasteiger partial charge in [-0.25, -0.2) is 0 Å². The Morgan fingerprint density at radius 3 is 2.94 bits per heavy atom. The Morgan fingerprint density at radius 1 is 1.39 bits per heavy atom. The van der Waals surface area contributed by atoms with Crippen molar-refractivity contribution in [1.82, 2.24) is 5.32 Å². The highest BCUT2D eigenvalue weighted by Crippen LogP contribution is 2.32. The second-order valence-electron chi connectivity index (χ2n) is 5.37. The standard InChI is InChI=1S/C15H24N2S/c1-11(2)13(10-16-3)8-12-4-5-14-15(9-12)18-7-6-17-14/h4-5,9,11,13,16-17H,6-8,10H2,1-3H3. The van der Waals surface area contributed by atoms with Crippen molar-refractivity contribution in [3.8, 4) is 0 Å². The van der Waals surface area contributed by atoms with Gasteiger partial charge in [-0.05, 0) is 49.5 Å². The normalized spacial score (nSPS) is 16.2. The number of hydrogen-bond donors (Lipinski definition) is 2. The molecule has 0 spiro atoms. The molecule has 1 unspecified atom stereocenters. The summed E-state index contributed by atoms with van der Waals surface area (Å²) in [5, 5.41) is 6.77. The number of nitrogens with one attached hydrogen (secondary N) is 2. The van der Waals surface area contributed by atoms with E-state index in [0.29, 0.717) is 0 Å². The molecule has 2 N–H and O–H groups in total. The van der Waals surface area contributed by atoms with Crippen molar-refractivity contribution >= 4 is 17.4 Å².